The summed E-state index contributed by atoms with van der Waals surface area (Å²) in [6.07, 6.45) is 0. The second-order valence-corrected chi connectivity index (χ2v) is 9.63. The lowest BCUT2D eigenvalue weighted by atomic mass is 10.1. The number of nitrogens with one attached hydrogen (secondary N) is 3. The Morgan fingerprint density at radius 2 is 1.65 bits per heavy atom. The van der Waals surface area contributed by atoms with Gasteiger partial charge in [0, 0.05) is 22.1 Å². The molecule has 0 fully saturated rings. The number of ether oxygens (including phenoxy) is 2. The number of carbonyl (C=O) groups excluding carboxylic acids is 3. The van der Waals surface area contributed by atoms with E-state index in [1.165, 1.54) is 4.68 Å². The molecule has 0 radical (unpaired) electrons. The molecule has 3 amide bonds. The van der Waals surface area contributed by atoms with Gasteiger partial charge in [0.05, 0.1) is 5.52 Å². The fourth-order valence-corrected chi connectivity index (χ4v) is 4.56. The van der Waals surface area contributed by atoms with Gasteiger partial charge in [0.15, 0.2) is 11.5 Å². The quantitative estimate of drug-likeness (QED) is 0.312. The monoisotopic (exact) mass is 562 g/mol. The van der Waals surface area contributed by atoms with Crippen molar-refractivity contribution in [3.8, 4) is 11.5 Å². The third-order valence-corrected chi connectivity index (χ3v) is 6.28. The lowest BCUT2D eigenvalue weighted by molar-refractivity contribution is -0.136. The number of fused-ring (bicyclic) bond motifs is 2. The minimum absolute atomic E-state index is 0.113. The molecular weight excluding hydrogens is 540 g/mol. The van der Waals surface area contributed by atoms with Gasteiger partial charge in [-0.2, -0.15) is 0 Å². The zero-order chi connectivity index (χ0) is 26.1. The molecule has 188 valence electrons. The molecule has 4 aromatic rings. The predicted molar refractivity (Wildman–Crippen MR) is 142 cm³/mol. The summed E-state index contributed by atoms with van der Waals surface area (Å²) in [5.41, 5.74) is 6.69. The summed E-state index contributed by atoms with van der Waals surface area (Å²) in [6.45, 7) is 4.15. The van der Waals surface area contributed by atoms with E-state index in [1.54, 1.807) is 36.4 Å². The molecule has 5 rings (SSSR count). The van der Waals surface area contributed by atoms with E-state index in [0.29, 0.717) is 28.1 Å². The third kappa shape index (κ3) is 5.29. The van der Waals surface area contributed by atoms with Crippen LogP contribution in [0.2, 0.25) is 0 Å². The average Bonchev–Trinajstić information content (AvgIpc) is 3.45. The van der Waals surface area contributed by atoms with Crippen molar-refractivity contribution in [3.63, 3.8) is 0 Å². The Labute approximate surface area is 220 Å². The van der Waals surface area contributed by atoms with E-state index in [-0.39, 0.29) is 19.0 Å². The molecule has 9 nitrogen and oxygen atoms in total. The number of anilines is 1. The number of halogens is 1. The molecule has 0 unspecified atom stereocenters. The number of rotatable bonds is 5. The summed E-state index contributed by atoms with van der Waals surface area (Å²) < 4.78 is 12.8. The third-order valence-electron chi connectivity index (χ3n) is 5.79. The van der Waals surface area contributed by atoms with Gasteiger partial charge in [-0.1, -0.05) is 28.1 Å². The molecule has 37 heavy (non-hydrogen) atoms. The maximum absolute atomic E-state index is 13.2. The second kappa shape index (κ2) is 9.98. The SMILES string of the molecule is Cc1cc(C)cc(NC(=O)c2cc3cc(Br)ccc3n2NC(=O)C(=O)NCc2ccc3c(c2)OCO3)c1. The number of hydrogen-bond acceptors (Lipinski definition) is 5. The highest BCUT2D eigenvalue weighted by molar-refractivity contribution is 9.10. The standard InChI is InChI=1S/C27H23BrN4O5/c1-15-7-16(2)9-20(8-15)30-25(33)22-12-18-11-19(28)4-5-21(18)32(22)31-27(35)26(34)29-13-17-3-6-23-24(10-17)37-14-36-23/h3-12H,13-14H2,1-2H3,(H,29,34)(H,30,33)(H,31,35). The van der Waals surface area contributed by atoms with Crippen LogP contribution in [0.1, 0.15) is 27.2 Å². The highest BCUT2D eigenvalue weighted by Gasteiger charge is 2.21. The topological polar surface area (TPSA) is 111 Å². The molecule has 3 N–H and O–H groups in total. The first-order chi connectivity index (χ1) is 17.8. The van der Waals surface area contributed by atoms with E-state index < -0.39 is 17.7 Å². The smallest absolute Gasteiger partial charge is 0.328 e. The summed E-state index contributed by atoms with van der Waals surface area (Å²) in [5.74, 6) is -0.983. The molecular formula is C27H23BrN4O5. The van der Waals surface area contributed by atoms with Gasteiger partial charge in [-0.05, 0) is 79.1 Å². The first-order valence-electron chi connectivity index (χ1n) is 11.5. The Bertz CT molecular complexity index is 1540. The van der Waals surface area contributed by atoms with E-state index in [4.69, 9.17) is 9.47 Å². The Balaban J connectivity index is 1.35. The van der Waals surface area contributed by atoms with Crippen molar-refractivity contribution < 1.29 is 23.9 Å². The molecule has 3 aromatic carbocycles. The van der Waals surface area contributed by atoms with Crippen LogP contribution in [0.3, 0.4) is 0 Å². The molecule has 0 saturated heterocycles. The lowest BCUT2D eigenvalue weighted by Gasteiger charge is -2.13. The molecule has 2 heterocycles. The van der Waals surface area contributed by atoms with Crippen molar-refractivity contribution in [1.82, 2.24) is 9.99 Å². The molecule has 1 aromatic heterocycles. The highest BCUT2D eigenvalue weighted by Crippen LogP contribution is 2.32. The molecule has 0 bridgehead atoms. The van der Waals surface area contributed by atoms with Crippen molar-refractivity contribution in [2.45, 2.75) is 20.4 Å². The molecule has 0 saturated carbocycles. The van der Waals surface area contributed by atoms with Gasteiger partial charge >= 0.3 is 11.8 Å². The van der Waals surface area contributed by atoms with Gasteiger partial charge in [0.1, 0.15) is 5.69 Å². The van der Waals surface area contributed by atoms with Crippen LogP contribution in [0.15, 0.2) is 65.1 Å². The van der Waals surface area contributed by atoms with Crippen LogP contribution in [0.4, 0.5) is 5.69 Å². The van der Waals surface area contributed by atoms with Crippen LogP contribution >= 0.6 is 15.9 Å². The number of amides is 3. The van der Waals surface area contributed by atoms with E-state index >= 15 is 0 Å². The van der Waals surface area contributed by atoms with E-state index in [9.17, 15) is 14.4 Å². The zero-order valence-corrected chi connectivity index (χ0v) is 21.6. The van der Waals surface area contributed by atoms with Crippen molar-refractivity contribution >= 4 is 50.2 Å². The highest BCUT2D eigenvalue weighted by atomic mass is 79.9. The number of carbonyl (C=O) groups is 3. The number of benzene rings is 3. The van der Waals surface area contributed by atoms with Gasteiger partial charge in [0.25, 0.3) is 5.91 Å². The fraction of sp³-hybridized carbons (Fsp3) is 0.148. The second-order valence-electron chi connectivity index (χ2n) is 8.71. The summed E-state index contributed by atoms with van der Waals surface area (Å²) in [6, 6.07) is 18.0. The maximum atomic E-state index is 13.2. The van der Waals surface area contributed by atoms with Crippen LogP contribution in [0.25, 0.3) is 10.9 Å². The van der Waals surface area contributed by atoms with Gasteiger partial charge in [0.2, 0.25) is 6.79 Å². The Morgan fingerprint density at radius 3 is 2.43 bits per heavy atom. The molecule has 0 aliphatic carbocycles. The summed E-state index contributed by atoms with van der Waals surface area (Å²) in [4.78, 5) is 38.7. The van der Waals surface area contributed by atoms with Gasteiger partial charge in [-0.3, -0.25) is 19.8 Å². The fourth-order valence-electron chi connectivity index (χ4n) is 4.18. The minimum Gasteiger partial charge on any atom is -0.454 e. The number of hydrogen-bond donors (Lipinski definition) is 3. The van der Waals surface area contributed by atoms with Crippen LogP contribution in [-0.4, -0.2) is 29.2 Å². The van der Waals surface area contributed by atoms with E-state index in [1.807, 2.05) is 38.1 Å². The van der Waals surface area contributed by atoms with E-state index in [2.05, 4.69) is 32.0 Å². The van der Waals surface area contributed by atoms with Gasteiger partial charge in [-0.15, -0.1) is 0 Å². The largest absolute Gasteiger partial charge is 0.454 e. The van der Waals surface area contributed by atoms with Crippen LogP contribution in [0.5, 0.6) is 11.5 Å². The molecule has 0 spiro atoms. The molecule has 10 heteroatoms. The maximum Gasteiger partial charge on any atom is 0.328 e. The Hall–Kier alpha value is -4.31. The lowest BCUT2D eigenvalue weighted by Crippen LogP contribution is -2.39. The number of nitrogens with zero attached hydrogens (tertiary/aromatic N) is 1. The number of aromatic nitrogens is 1. The zero-order valence-electron chi connectivity index (χ0n) is 20.1. The molecule has 1 aliphatic heterocycles. The van der Waals surface area contributed by atoms with Crippen molar-refractivity contribution in [2.24, 2.45) is 0 Å². The Kier molecular flexibility index (Phi) is 6.58. The Morgan fingerprint density at radius 1 is 0.892 bits per heavy atom. The summed E-state index contributed by atoms with van der Waals surface area (Å²) in [5, 5.41) is 6.18. The average molecular weight is 563 g/mol. The minimum atomic E-state index is -0.915. The van der Waals surface area contributed by atoms with Crippen LogP contribution < -0.4 is 25.5 Å². The first-order valence-corrected chi connectivity index (χ1v) is 12.2. The predicted octanol–water partition coefficient (Wildman–Crippen LogP) is 4.39. The number of aryl methyl sites for hydroxylation is 2. The van der Waals surface area contributed by atoms with Crippen LogP contribution in [0, 0.1) is 13.8 Å². The van der Waals surface area contributed by atoms with Crippen molar-refractivity contribution in [1.29, 1.82) is 0 Å². The van der Waals surface area contributed by atoms with Crippen molar-refractivity contribution in [2.75, 3.05) is 17.5 Å². The molecule has 0 atom stereocenters. The normalized spacial score (nSPS) is 11.9. The van der Waals surface area contributed by atoms with Crippen molar-refractivity contribution in [3.05, 3.63) is 87.5 Å². The van der Waals surface area contributed by atoms with Crippen LogP contribution in [-0.2, 0) is 16.1 Å². The first kappa shape index (κ1) is 24.4. The van der Waals surface area contributed by atoms with E-state index in [0.717, 1.165) is 21.2 Å². The molecule has 1 aliphatic rings. The summed E-state index contributed by atoms with van der Waals surface area (Å²) in [7, 11) is 0. The van der Waals surface area contributed by atoms with Gasteiger partial charge in [-0.25, -0.2) is 4.68 Å². The summed E-state index contributed by atoms with van der Waals surface area (Å²) >= 11 is 3.43. The van der Waals surface area contributed by atoms with Gasteiger partial charge < -0.3 is 20.1 Å².